The first kappa shape index (κ1) is 19.0. The first-order chi connectivity index (χ1) is 13.1. The van der Waals surface area contributed by atoms with Crippen LogP contribution >= 0.6 is 23.7 Å². The van der Waals surface area contributed by atoms with Gasteiger partial charge >= 0.3 is 0 Å². The lowest BCUT2D eigenvalue weighted by Gasteiger charge is -2.48. The monoisotopic (exact) mass is 411 g/mol. The molecule has 3 aromatic rings. The minimum absolute atomic E-state index is 0.461. The molecule has 0 fully saturated rings. The lowest BCUT2D eigenvalue weighted by molar-refractivity contribution is 0.770. The van der Waals surface area contributed by atoms with Crippen molar-refractivity contribution >= 4 is 39.6 Å². The molecule has 2 atom stereocenters. The SMILES string of the molecule is CN1P(c2ccccc2)N=P(c2ccccc2)(c2ccccc2)N(C)P1C. The van der Waals surface area contributed by atoms with Gasteiger partial charge in [0.05, 0.1) is 7.21 Å². The molecule has 138 valence electrons. The van der Waals surface area contributed by atoms with Crippen LogP contribution in [0.3, 0.4) is 0 Å². The van der Waals surface area contributed by atoms with Crippen LogP contribution in [0.25, 0.3) is 0 Å². The Bertz CT molecular complexity index is 905. The van der Waals surface area contributed by atoms with Crippen LogP contribution in [0.5, 0.6) is 0 Å². The summed E-state index contributed by atoms with van der Waals surface area (Å²) in [6.45, 7) is 2.36. The number of hydrogen-bond donors (Lipinski definition) is 0. The van der Waals surface area contributed by atoms with Gasteiger partial charge in [-0.05, 0) is 20.8 Å². The maximum atomic E-state index is 5.68. The summed E-state index contributed by atoms with van der Waals surface area (Å²) in [5.74, 6) is 0. The van der Waals surface area contributed by atoms with Crippen LogP contribution in [0.4, 0.5) is 0 Å². The zero-order chi connectivity index (χ0) is 18.9. The van der Waals surface area contributed by atoms with Gasteiger partial charge in [-0.3, -0.25) is 0 Å². The van der Waals surface area contributed by atoms with Crippen molar-refractivity contribution in [3.8, 4) is 0 Å². The van der Waals surface area contributed by atoms with E-state index >= 15 is 0 Å². The minimum atomic E-state index is -2.03. The van der Waals surface area contributed by atoms with Gasteiger partial charge in [-0.2, -0.15) is 0 Å². The van der Waals surface area contributed by atoms with E-state index in [1.165, 1.54) is 15.9 Å². The van der Waals surface area contributed by atoms with Crippen molar-refractivity contribution in [1.82, 2.24) is 8.88 Å². The predicted octanol–water partition coefficient (Wildman–Crippen LogP) is 5.21. The van der Waals surface area contributed by atoms with Crippen molar-refractivity contribution in [3.63, 3.8) is 0 Å². The number of rotatable bonds is 3. The minimum Gasteiger partial charge on any atom is -0.233 e. The highest BCUT2D eigenvalue weighted by atomic mass is 31.3. The molecule has 0 bridgehead atoms. The van der Waals surface area contributed by atoms with Gasteiger partial charge in [0.1, 0.15) is 8.22 Å². The lowest BCUT2D eigenvalue weighted by Crippen LogP contribution is -2.33. The molecule has 0 saturated heterocycles. The quantitative estimate of drug-likeness (QED) is 0.551. The Balaban J connectivity index is 2.03. The van der Waals surface area contributed by atoms with Crippen LogP contribution < -0.4 is 15.9 Å². The molecule has 1 heterocycles. The van der Waals surface area contributed by atoms with Crippen molar-refractivity contribution in [1.29, 1.82) is 0 Å². The third-order valence-corrected chi connectivity index (χ3v) is 15.4. The number of benzene rings is 3. The molecule has 2 unspecified atom stereocenters. The van der Waals surface area contributed by atoms with E-state index in [4.69, 9.17) is 4.52 Å². The standard InChI is InChI=1S/C21H24N3P3/c1-23-25(3)24(2)27(20-15-9-5-10-16-20,21-17-11-6-12-18-21)22-26(23)19-13-7-4-8-14-19/h4-18H,1-3H3. The number of hydrogen-bond acceptors (Lipinski definition) is 3. The summed E-state index contributed by atoms with van der Waals surface area (Å²) in [6, 6.07) is 32.6. The summed E-state index contributed by atoms with van der Waals surface area (Å²) in [6.07, 6.45) is 0. The lowest BCUT2D eigenvalue weighted by atomic mass is 10.4. The molecule has 0 saturated carbocycles. The zero-order valence-corrected chi connectivity index (χ0v) is 18.5. The second-order valence-electron chi connectivity index (χ2n) is 6.46. The molecule has 6 heteroatoms. The van der Waals surface area contributed by atoms with Crippen LogP contribution in [-0.4, -0.2) is 29.6 Å². The van der Waals surface area contributed by atoms with Gasteiger partial charge < -0.3 is 0 Å². The van der Waals surface area contributed by atoms with E-state index < -0.39 is 23.7 Å². The van der Waals surface area contributed by atoms with Crippen molar-refractivity contribution in [2.75, 3.05) is 20.8 Å². The van der Waals surface area contributed by atoms with Crippen LogP contribution in [0.15, 0.2) is 95.5 Å². The molecule has 0 amide bonds. The Kier molecular flexibility index (Phi) is 5.60. The van der Waals surface area contributed by atoms with Crippen molar-refractivity contribution in [2.45, 2.75) is 0 Å². The fraction of sp³-hybridized carbons (Fsp3) is 0.143. The van der Waals surface area contributed by atoms with E-state index in [2.05, 4.69) is 121 Å². The molecule has 0 spiro atoms. The van der Waals surface area contributed by atoms with Gasteiger partial charge in [0.25, 0.3) is 0 Å². The third kappa shape index (κ3) is 3.33. The van der Waals surface area contributed by atoms with Crippen LogP contribution in [-0.2, 0) is 0 Å². The highest BCUT2D eigenvalue weighted by Crippen LogP contribution is 2.73. The molecule has 1 aliphatic heterocycles. The Labute approximate surface area is 164 Å². The van der Waals surface area contributed by atoms with Crippen LogP contribution in [0.2, 0.25) is 0 Å². The largest absolute Gasteiger partial charge is 0.233 e. The van der Waals surface area contributed by atoms with Crippen molar-refractivity contribution in [2.24, 2.45) is 4.52 Å². The zero-order valence-electron chi connectivity index (χ0n) is 15.8. The van der Waals surface area contributed by atoms with Crippen molar-refractivity contribution < 1.29 is 0 Å². The summed E-state index contributed by atoms with van der Waals surface area (Å²) in [5, 5.41) is 4.00. The average Bonchev–Trinajstić information content (AvgIpc) is 2.74. The van der Waals surface area contributed by atoms with E-state index in [9.17, 15) is 0 Å². The summed E-state index contributed by atoms with van der Waals surface area (Å²) in [5.41, 5.74) is 0. The summed E-state index contributed by atoms with van der Waals surface area (Å²) >= 11 is 0. The fourth-order valence-electron chi connectivity index (χ4n) is 3.37. The first-order valence-electron chi connectivity index (χ1n) is 8.94. The fourth-order valence-corrected chi connectivity index (χ4v) is 14.8. The van der Waals surface area contributed by atoms with E-state index in [1.807, 2.05) is 0 Å². The van der Waals surface area contributed by atoms with E-state index in [0.29, 0.717) is 0 Å². The smallest absolute Gasteiger partial charge is 0.126 e. The molecular weight excluding hydrogens is 387 g/mol. The molecule has 0 aromatic heterocycles. The van der Waals surface area contributed by atoms with Gasteiger partial charge in [-0.15, -0.1) is 0 Å². The molecule has 1 aliphatic rings. The second-order valence-corrected chi connectivity index (χ2v) is 14.5. The molecule has 27 heavy (non-hydrogen) atoms. The maximum absolute atomic E-state index is 5.68. The van der Waals surface area contributed by atoms with E-state index in [1.54, 1.807) is 0 Å². The Morgan fingerprint density at radius 3 is 1.63 bits per heavy atom. The topological polar surface area (TPSA) is 18.8 Å². The van der Waals surface area contributed by atoms with Gasteiger partial charge in [0, 0.05) is 24.1 Å². The van der Waals surface area contributed by atoms with Gasteiger partial charge in [-0.25, -0.2) is 13.4 Å². The first-order valence-corrected chi connectivity index (χ1v) is 13.6. The highest BCUT2D eigenvalue weighted by Gasteiger charge is 2.41. The molecule has 0 radical (unpaired) electrons. The molecule has 3 aromatic carbocycles. The average molecular weight is 411 g/mol. The summed E-state index contributed by atoms with van der Waals surface area (Å²) in [7, 11) is 1.27. The summed E-state index contributed by atoms with van der Waals surface area (Å²) < 4.78 is 10.7. The molecule has 0 aliphatic carbocycles. The van der Waals surface area contributed by atoms with Gasteiger partial charge in [-0.1, -0.05) is 91.0 Å². The van der Waals surface area contributed by atoms with E-state index in [-0.39, 0.29) is 0 Å². The molecule has 0 N–H and O–H groups in total. The molecule has 4 rings (SSSR count). The maximum Gasteiger partial charge on any atom is 0.126 e. The van der Waals surface area contributed by atoms with E-state index in [0.717, 1.165) is 0 Å². The van der Waals surface area contributed by atoms with Gasteiger partial charge in [0.2, 0.25) is 0 Å². The Hall–Kier alpha value is -1.33. The Morgan fingerprint density at radius 1 is 0.704 bits per heavy atom. The predicted molar refractivity (Wildman–Crippen MR) is 123 cm³/mol. The third-order valence-electron chi connectivity index (χ3n) is 4.96. The number of nitrogens with zero attached hydrogens (tertiary/aromatic N) is 3. The van der Waals surface area contributed by atoms with Crippen LogP contribution in [0, 0.1) is 0 Å². The van der Waals surface area contributed by atoms with Crippen molar-refractivity contribution in [3.05, 3.63) is 91.0 Å². The molecular formula is C21H24N3P3. The Morgan fingerprint density at radius 2 is 1.15 bits per heavy atom. The normalized spacial score (nSPS) is 22.9. The second kappa shape index (κ2) is 7.96. The van der Waals surface area contributed by atoms with Crippen LogP contribution in [0.1, 0.15) is 0 Å². The summed E-state index contributed by atoms with van der Waals surface area (Å²) in [4.78, 5) is 0. The molecule has 3 nitrogen and oxygen atoms in total. The highest BCUT2D eigenvalue weighted by molar-refractivity contribution is 7.93. The van der Waals surface area contributed by atoms with Gasteiger partial charge in [0.15, 0.2) is 0 Å².